The number of benzene rings is 1. The highest BCUT2D eigenvalue weighted by Crippen LogP contribution is 2.00. The average Bonchev–Trinajstić information content (AvgIpc) is 2.37. The lowest BCUT2D eigenvalue weighted by Crippen LogP contribution is -2.33. The third kappa shape index (κ3) is 6.37. The average molecular weight is 250 g/mol. The zero-order valence-corrected chi connectivity index (χ0v) is 10.1. The highest BCUT2D eigenvalue weighted by atomic mass is 16.5. The van der Waals surface area contributed by atoms with Gasteiger partial charge in [0.1, 0.15) is 6.61 Å². The molecule has 0 saturated heterocycles. The smallest absolute Gasteiger partial charge is 0.407 e. The van der Waals surface area contributed by atoms with Crippen molar-refractivity contribution in [2.24, 2.45) is 5.73 Å². The quantitative estimate of drug-likeness (QED) is 0.340. The molecule has 18 heavy (non-hydrogen) atoms. The fourth-order valence-electron chi connectivity index (χ4n) is 1.28. The van der Waals surface area contributed by atoms with Crippen molar-refractivity contribution in [3.63, 3.8) is 0 Å². The number of carbonyl (C=O) groups excluding carboxylic acids is 1. The van der Waals surface area contributed by atoms with Crippen LogP contribution < -0.4 is 16.4 Å². The summed E-state index contributed by atoms with van der Waals surface area (Å²) in [5.41, 5.74) is 6.06. The lowest BCUT2D eigenvalue weighted by Gasteiger charge is -2.07. The van der Waals surface area contributed by atoms with Gasteiger partial charge in [0.2, 0.25) is 0 Å². The Bertz CT molecular complexity index is 381. The third-order valence-electron chi connectivity index (χ3n) is 2.15. The van der Waals surface area contributed by atoms with E-state index in [1.807, 2.05) is 30.3 Å². The molecule has 0 radical (unpaired) electrons. The molecule has 0 aliphatic rings. The van der Waals surface area contributed by atoms with Gasteiger partial charge >= 0.3 is 6.09 Å². The van der Waals surface area contributed by atoms with Crippen LogP contribution in [-0.2, 0) is 11.3 Å². The molecule has 0 spiro atoms. The van der Waals surface area contributed by atoms with Gasteiger partial charge < -0.3 is 21.1 Å². The molecule has 0 bridgehead atoms. The Morgan fingerprint density at radius 2 is 1.89 bits per heavy atom. The zero-order valence-electron chi connectivity index (χ0n) is 10.1. The van der Waals surface area contributed by atoms with Crippen molar-refractivity contribution in [3.05, 3.63) is 35.9 Å². The number of hydrogen-bond donors (Lipinski definition) is 4. The Morgan fingerprint density at radius 3 is 2.56 bits per heavy atom. The first-order valence-electron chi connectivity index (χ1n) is 5.71. The van der Waals surface area contributed by atoms with E-state index in [1.165, 1.54) is 0 Å². The van der Waals surface area contributed by atoms with Crippen molar-refractivity contribution in [1.82, 2.24) is 10.6 Å². The van der Waals surface area contributed by atoms with E-state index in [-0.39, 0.29) is 12.6 Å². The van der Waals surface area contributed by atoms with Gasteiger partial charge in [0, 0.05) is 13.1 Å². The summed E-state index contributed by atoms with van der Waals surface area (Å²) in [6.07, 6.45) is 0.238. The second-order valence-electron chi connectivity index (χ2n) is 3.68. The summed E-state index contributed by atoms with van der Waals surface area (Å²) < 4.78 is 5.02. The Kier molecular flexibility index (Phi) is 6.10. The van der Waals surface area contributed by atoms with Crippen LogP contribution in [0.5, 0.6) is 0 Å². The molecular weight excluding hydrogens is 232 g/mol. The fourth-order valence-corrected chi connectivity index (χ4v) is 1.28. The minimum absolute atomic E-state index is 0.0679. The van der Waals surface area contributed by atoms with Crippen LogP contribution in [0.25, 0.3) is 0 Å². The number of rotatable bonds is 6. The topological polar surface area (TPSA) is 100 Å². The number of nitrogens with two attached hydrogens (primary N) is 1. The van der Waals surface area contributed by atoms with E-state index in [0.717, 1.165) is 5.56 Å². The molecule has 6 nitrogen and oxygen atoms in total. The summed E-state index contributed by atoms with van der Waals surface area (Å²) in [7, 11) is 0. The molecule has 1 amide bonds. The van der Waals surface area contributed by atoms with E-state index in [9.17, 15) is 4.79 Å². The largest absolute Gasteiger partial charge is 0.445 e. The van der Waals surface area contributed by atoms with Crippen molar-refractivity contribution in [2.45, 2.75) is 13.0 Å². The molecule has 0 aliphatic carbocycles. The van der Waals surface area contributed by atoms with E-state index < -0.39 is 6.09 Å². The first kappa shape index (κ1) is 13.8. The van der Waals surface area contributed by atoms with Crippen LogP contribution in [0.1, 0.15) is 12.0 Å². The van der Waals surface area contributed by atoms with Crippen molar-refractivity contribution in [2.75, 3.05) is 13.1 Å². The fraction of sp³-hybridized carbons (Fsp3) is 0.333. The summed E-state index contributed by atoms with van der Waals surface area (Å²) in [6, 6.07) is 9.48. The van der Waals surface area contributed by atoms with Crippen LogP contribution in [-0.4, -0.2) is 25.1 Å². The van der Waals surface area contributed by atoms with Crippen LogP contribution in [0.3, 0.4) is 0 Å². The number of carbonyl (C=O) groups is 1. The van der Waals surface area contributed by atoms with Crippen LogP contribution in [0.15, 0.2) is 30.3 Å². The van der Waals surface area contributed by atoms with Crippen LogP contribution in [0.4, 0.5) is 4.79 Å². The first-order valence-corrected chi connectivity index (χ1v) is 5.71. The highest BCUT2D eigenvalue weighted by molar-refractivity contribution is 5.74. The Morgan fingerprint density at radius 1 is 1.22 bits per heavy atom. The Balaban J connectivity index is 2.06. The summed E-state index contributed by atoms with van der Waals surface area (Å²) in [6.45, 7) is 1.29. The third-order valence-corrected chi connectivity index (χ3v) is 2.15. The molecule has 98 valence electrons. The second-order valence-corrected chi connectivity index (χ2v) is 3.68. The molecule has 0 saturated carbocycles. The maximum Gasteiger partial charge on any atom is 0.407 e. The number of amides is 1. The van der Waals surface area contributed by atoms with Crippen LogP contribution >= 0.6 is 0 Å². The molecule has 6 heteroatoms. The molecule has 1 rings (SSSR count). The SMILES string of the molecule is N=C(N)NCCCNC(=O)OCc1ccccc1. The molecule has 0 heterocycles. The van der Waals surface area contributed by atoms with Crippen molar-refractivity contribution in [3.8, 4) is 0 Å². The molecule has 1 aromatic carbocycles. The van der Waals surface area contributed by atoms with Gasteiger partial charge in [-0.2, -0.15) is 0 Å². The van der Waals surface area contributed by atoms with Gasteiger partial charge in [-0.25, -0.2) is 4.79 Å². The van der Waals surface area contributed by atoms with E-state index >= 15 is 0 Å². The van der Waals surface area contributed by atoms with Crippen molar-refractivity contribution in [1.29, 1.82) is 5.41 Å². The predicted octanol–water partition coefficient (Wildman–Crippen LogP) is 0.786. The molecule has 0 fully saturated rings. The van der Waals surface area contributed by atoms with Crippen LogP contribution in [0.2, 0.25) is 0 Å². The number of guanidine groups is 1. The molecule has 0 aromatic heterocycles. The normalized spacial score (nSPS) is 9.56. The highest BCUT2D eigenvalue weighted by Gasteiger charge is 2.01. The summed E-state index contributed by atoms with van der Waals surface area (Å²) >= 11 is 0. The number of hydrogen-bond acceptors (Lipinski definition) is 3. The van der Waals surface area contributed by atoms with Gasteiger partial charge in [-0.15, -0.1) is 0 Å². The molecule has 0 unspecified atom stereocenters. The monoisotopic (exact) mass is 250 g/mol. The van der Waals surface area contributed by atoms with Crippen LogP contribution in [0, 0.1) is 5.41 Å². The molecule has 1 aromatic rings. The van der Waals surface area contributed by atoms with Gasteiger partial charge in [-0.05, 0) is 12.0 Å². The van der Waals surface area contributed by atoms with Gasteiger partial charge in [0.15, 0.2) is 5.96 Å². The zero-order chi connectivity index (χ0) is 13.2. The van der Waals surface area contributed by atoms with Gasteiger partial charge in [0.25, 0.3) is 0 Å². The number of ether oxygens (including phenoxy) is 1. The van der Waals surface area contributed by atoms with Gasteiger partial charge in [0.05, 0.1) is 0 Å². The van der Waals surface area contributed by atoms with E-state index in [2.05, 4.69) is 10.6 Å². The predicted molar refractivity (Wildman–Crippen MR) is 69.2 cm³/mol. The number of alkyl carbamates (subject to hydrolysis) is 1. The van der Waals surface area contributed by atoms with Gasteiger partial charge in [-0.1, -0.05) is 30.3 Å². The lowest BCUT2D eigenvalue weighted by atomic mass is 10.2. The minimum atomic E-state index is -0.443. The minimum Gasteiger partial charge on any atom is -0.445 e. The maximum absolute atomic E-state index is 11.3. The second kappa shape index (κ2) is 7.94. The summed E-state index contributed by atoms with van der Waals surface area (Å²) in [5.74, 6) is -0.0679. The van der Waals surface area contributed by atoms with E-state index in [4.69, 9.17) is 15.9 Å². The molecule has 0 aliphatic heterocycles. The van der Waals surface area contributed by atoms with Crippen molar-refractivity contribution < 1.29 is 9.53 Å². The first-order chi connectivity index (χ1) is 8.68. The van der Waals surface area contributed by atoms with E-state index in [0.29, 0.717) is 19.5 Å². The lowest BCUT2D eigenvalue weighted by molar-refractivity contribution is 0.139. The van der Waals surface area contributed by atoms with E-state index in [1.54, 1.807) is 0 Å². The standard InChI is InChI=1S/C12H18N4O2/c13-11(14)15-7-4-8-16-12(17)18-9-10-5-2-1-3-6-10/h1-3,5-6H,4,7-9H2,(H,16,17)(H4,13,14,15). The maximum atomic E-state index is 11.3. The molecule has 0 atom stereocenters. The van der Waals surface area contributed by atoms with Gasteiger partial charge in [-0.3, -0.25) is 5.41 Å². The number of nitrogens with one attached hydrogen (secondary N) is 3. The molecular formula is C12H18N4O2. The summed E-state index contributed by atoms with van der Waals surface area (Å²) in [5, 5.41) is 12.2. The Labute approximate surface area is 106 Å². The molecule has 5 N–H and O–H groups in total. The Hall–Kier alpha value is -2.24. The summed E-state index contributed by atoms with van der Waals surface area (Å²) in [4.78, 5) is 11.3. The van der Waals surface area contributed by atoms with Crippen molar-refractivity contribution >= 4 is 12.1 Å².